The first kappa shape index (κ1) is 10.5. The van der Waals surface area contributed by atoms with E-state index in [4.69, 9.17) is 0 Å². The second kappa shape index (κ2) is 4.24. The molecular formula is C12H11BN2O. The van der Waals surface area contributed by atoms with E-state index < -0.39 is 0 Å². The first-order valence-corrected chi connectivity index (χ1v) is 5.19. The minimum absolute atomic E-state index is 0.152. The van der Waals surface area contributed by atoms with Crippen LogP contribution in [0, 0.1) is 11.8 Å². The van der Waals surface area contributed by atoms with Gasteiger partial charge < -0.3 is 4.98 Å². The molecular weight excluding hydrogens is 199 g/mol. The smallest absolute Gasteiger partial charge is 0.238 e. The molecule has 0 amide bonds. The third-order valence-corrected chi connectivity index (χ3v) is 2.29. The van der Waals surface area contributed by atoms with Crippen LogP contribution in [-0.4, -0.2) is 23.6 Å². The molecule has 0 bridgehead atoms. The van der Waals surface area contributed by atoms with Crippen molar-refractivity contribution in [2.45, 2.75) is 13.3 Å². The maximum Gasteiger partial charge on any atom is 0.238 e. The van der Waals surface area contributed by atoms with E-state index in [1.165, 1.54) is 0 Å². The maximum atomic E-state index is 11.8. The number of rotatable bonds is 1. The van der Waals surface area contributed by atoms with Gasteiger partial charge in [0.25, 0.3) is 0 Å². The lowest BCUT2D eigenvalue weighted by atomic mass is 9.97. The van der Waals surface area contributed by atoms with Gasteiger partial charge in [-0.25, -0.2) is 4.98 Å². The highest BCUT2D eigenvalue weighted by Gasteiger charge is 2.10. The molecule has 0 aliphatic carbocycles. The van der Waals surface area contributed by atoms with Crippen LogP contribution in [0.5, 0.6) is 0 Å². The van der Waals surface area contributed by atoms with Crippen molar-refractivity contribution in [3.63, 3.8) is 0 Å². The molecule has 2 aromatic heterocycles. The molecule has 0 aliphatic heterocycles. The summed E-state index contributed by atoms with van der Waals surface area (Å²) in [6.45, 7) is 1.92. The Morgan fingerprint density at radius 3 is 3.19 bits per heavy atom. The summed E-state index contributed by atoms with van der Waals surface area (Å²) in [4.78, 5) is 18.9. The van der Waals surface area contributed by atoms with Gasteiger partial charge in [-0.05, 0) is 5.92 Å². The third kappa shape index (κ3) is 1.85. The minimum Gasteiger partial charge on any atom is -0.345 e. The van der Waals surface area contributed by atoms with E-state index in [0.717, 1.165) is 16.5 Å². The Balaban J connectivity index is 2.53. The van der Waals surface area contributed by atoms with Crippen LogP contribution < -0.4 is 5.46 Å². The van der Waals surface area contributed by atoms with Crippen LogP contribution >= 0.6 is 0 Å². The summed E-state index contributed by atoms with van der Waals surface area (Å²) >= 11 is 0. The number of Topliss-reactive ketones (excluding diaryl/α,β-unsaturated/α-hetero) is 1. The average Bonchev–Trinajstić information content (AvgIpc) is 2.68. The maximum absolute atomic E-state index is 11.8. The lowest BCUT2D eigenvalue weighted by Gasteiger charge is -1.94. The highest BCUT2D eigenvalue weighted by Crippen LogP contribution is 2.14. The number of H-pyrrole nitrogens is 1. The number of fused-ring (bicyclic) bond motifs is 1. The number of nitrogens with zero attached hydrogens (tertiary/aromatic N) is 1. The molecule has 16 heavy (non-hydrogen) atoms. The van der Waals surface area contributed by atoms with E-state index in [-0.39, 0.29) is 5.78 Å². The summed E-state index contributed by atoms with van der Waals surface area (Å²) in [6.07, 6.45) is 4.12. The molecule has 0 unspecified atom stereocenters. The van der Waals surface area contributed by atoms with Gasteiger partial charge in [0.1, 0.15) is 13.5 Å². The van der Waals surface area contributed by atoms with Gasteiger partial charge in [0.2, 0.25) is 5.78 Å². The Morgan fingerprint density at radius 2 is 2.44 bits per heavy atom. The zero-order valence-electron chi connectivity index (χ0n) is 9.29. The van der Waals surface area contributed by atoms with Gasteiger partial charge >= 0.3 is 0 Å². The lowest BCUT2D eigenvalue weighted by Crippen LogP contribution is -2.03. The number of ketones is 1. The Morgan fingerprint density at radius 1 is 1.62 bits per heavy atom. The largest absolute Gasteiger partial charge is 0.345 e. The predicted octanol–water partition coefficient (Wildman–Crippen LogP) is 0.417. The number of hydrogen-bond acceptors (Lipinski definition) is 2. The zero-order chi connectivity index (χ0) is 11.5. The van der Waals surface area contributed by atoms with Gasteiger partial charge in [0.15, 0.2) is 0 Å². The summed E-state index contributed by atoms with van der Waals surface area (Å²) in [5.74, 6) is 5.24. The van der Waals surface area contributed by atoms with Crippen LogP contribution in [-0.2, 0) is 0 Å². The molecule has 3 nitrogen and oxygen atoms in total. The van der Waals surface area contributed by atoms with Gasteiger partial charge in [-0.1, -0.05) is 24.4 Å². The molecule has 0 spiro atoms. The number of aromatic nitrogens is 2. The van der Waals surface area contributed by atoms with E-state index in [2.05, 4.69) is 21.8 Å². The second-order valence-corrected chi connectivity index (χ2v) is 3.60. The van der Waals surface area contributed by atoms with Crippen molar-refractivity contribution in [2.75, 3.05) is 0 Å². The molecule has 0 saturated carbocycles. The normalized spacial score (nSPS) is 9.81. The quantitative estimate of drug-likeness (QED) is 0.321. The van der Waals surface area contributed by atoms with E-state index in [0.29, 0.717) is 12.0 Å². The van der Waals surface area contributed by atoms with E-state index >= 15 is 0 Å². The van der Waals surface area contributed by atoms with Crippen molar-refractivity contribution in [1.82, 2.24) is 9.97 Å². The number of hydrogen-bond donors (Lipinski definition) is 1. The Bertz CT molecular complexity index is 604. The fourth-order valence-corrected chi connectivity index (χ4v) is 1.53. The van der Waals surface area contributed by atoms with Crippen molar-refractivity contribution in [3.8, 4) is 11.8 Å². The van der Waals surface area contributed by atoms with E-state index in [1.54, 1.807) is 12.4 Å². The SMILES string of the molecule is Bc1cnc2[nH]cc(C(=O)C#CCC)c2c1. The summed E-state index contributed by atoms with van der Waals surface area (Å²) in [5, 5.41) is 0.843. The first-order valence-electron chi connectivity index (χ1n) is 5.19. The summed E-state index contributed by atoms with van der Waals surface area (Å²) in [6, 6.07) is 1.94. The van der Waals surface area contributed by atoms with Crippen molar-refractivity contribution < 1.29 is 4.79 Å². The predicted molar refractivity (Wildman–Crippen MR) is 66.7 cm³/mol. The zero-order valence-corrected chi connectivity index (χ0v) is 9.29. The highest BCUT2D eigenvalue weighted by molar-refractivity contribution is 6.33. The summed E-state index contributed by atoms with van der Waals surface area (Å²) < 4.78 is 0. The lowest BCUT2D eigenvalue weighted by molar-refractivity contribution is 0.105. The molecule has 0 aliphatic rings. The fraction of sp³-hybridized carbons (Fsp3) is 0.167. The molecule has 2 aromatic rings. The van der Waals surface area contributed by atoms with Crippen LogP contribution in [0.25, 0.3) is 11.0 Å². The van der Waals surface area contributed by atoms with Crippen LogP contribution in [0.1, 0.15) is 23.7 Å². The average molecular weight is 210 g/mol. The molecule has 0 radical (unpaired) electrons. The number of nitrogens with one attached hydrogen (secondary N) is 1. The van der Waals surface area contributed by atoms with Crippen LogP contribution in [0.3, 0.4) is 0 Å². The fourth-order valence-electron chi connectivity index (χ4n) is 1.53. The molecule has 0 atom stereocenters. The molecule has 2 rings (SSSR count). The minimum atomic E-state index is -0.152. The number of carbonyl (C=O) groups excluding carboxylic acids is 1. The van der Waals surface area contributed by atoms with Gasteiger partial charge in [0, 0.05) is 24.2 Å². The van der Waals surface area contributed by atoms with Gasteiger partial charge in [0.05, 0.1) is 5.56 Å². The molecule has 0 saturated heterocycles. The van der Waals surface area contributed by atoms with Gasteiger partial charge in [-0.3, -0.25) is 4.79 Å². The van der Waals surface area contributed by atoms with Crippen LogP contribution in [0.2, 0.25) is 0 Å². The van der Waals surface area contributed by atoms with E-state index in [9.17, 15) is 4.79 Å². The van der Waals surface area contributed by atoms with Crippen molar-refractivity contribution >= 4 is 30.1 Å². The molecule has 4 heteroatoms. The Hall–Kier alpha value is -2.02. The Labute approximate surface area is 94.7 Å². The summed E-state index contributed by atoms with van der Waals surface area (Å²) in [5.41, 5.74) is 2.36. The third-order valence-electron chi connectivity index (χ3n) is 2.29. The molecule has 0 fully saturated rings. The molecule has 0 aromatic carbocycles. The number of carbonyl (C=O) groups is 1. The van der Waals surface area contributed by atoms with Crippen molar-refractivity contribution in [2.24, 2.45) is 0 Å². The standard InChI is InChI=1S/C12H11BN2O/c1-2-3-4-11(16)10-7-15-12-9(10)5-8(13)6-14-12/h5-7H,2,13H2,1H3,(H,14,15). The second-order valence-electron chi connectivity index (χ2n) is 3.60. The van der Waals surface area contributed by atoms with Gasteiger partial charge in [-0.15, -0.1) is 0 Å². The van der Waals surface area contributed by atoms with Crippen molar-refractivity contribution in [3.05, 3.63) is 24.0 Å². The topological polar surface area (TPSA) is 45.8 Å². The van der Waals surface area contributed by atoms with Crippen molar-refractivity contribution in [1.29, 1.82) is 0 Å². The van der Waals surface area contributed by atoms with Gasteiger partial charge in [-0.2, -0.15) is 0 Å². The Kier molecular flexibility index (Phi) is 2.78. The van der Waals surface area contributed by atoms with Crippen LogP contribution in [0.4, 0.5) is 0 Å². The molecule has 78 valence electrons. The van der Waals surface area contributed by atoms with Crippen LogP contribution in [0.15, 0.2) is 18.5 Å². The molecule has 1 N–H and O–H groups in total. The van der Waals surface area contributed by atoms with E-state index in [1.807, 2.05) is 20.8 Å². The molecule has 2 heterocycles. The monoisotopic (exact) mass is 210 g/mol. The highest BCUT2D eigenvalue weighted by atomic mass is 16.1. The number of pyridine rings is 1. The summed E-state index contributed by atoms with van der Waals surface area (Å²) in [7, 11) is 1.95. The first-order chi connectivity index (χ1) is 7.72. The number of aromatic amines is 1.